The molecule has 2 fully saturated rings. The summed E-state index contributed by atoms with van der Waals surface area (Å²) in [6.07, 6.45) is 2.01. The molecule has 0 spiro atoms. The molecule has 140 valence electrons. The van der Waals surface area contributed by atoms with Crippen LogP contribution >= 0.6 is 0 Å². The second kappa shape index (κ2) is 7.05. The highest BCUT2D eigenvalue weighted by atomic mass is 19.1. The fraction of sp³-hybridized carbons (Fsp3) is 0.526. The van der Waals surface area contributed by atoms with Crippen LogP contribution in [0.15, 0.2) is 24.3 Å². The zero-order valence-electron chi connectivity index (χ0n) is 14.8. The van der Waals surface area contributed by atoms with Crippen LogP contribution in [0.1, 0.15) is 31.2 Å². The Morgan fingerprint density at radius 2 is 1.85 bits per heavy atom. The molecule has 1 heterocycles. The number of rotatable bonds is 5. The number of hydrogen-bond donors (Lipinski definition) is 1. The molecule has 26 heavy (non-hydrogen) atoms. The van der Waals surface area contributed by atoms with E-state index in [0.29, 0.717) is 44.3 Å². The molecule has 1 aliphatic carbocycles. The van der Waals surface area contributed by atoms with Crippen molar-refractivity contribution < 1.29 is 23.9 Å². The van der Waals surface area contributed by atoms with Crippen LogP contribution in [0.5, 0.6) is 0 Å². The first kappa shape index (κ1) is 18.4. The second-order valence-corrected chi connectivity index (χ2v) is 7.22. The van der Waals surface area contributed by atoms with E-state index in [1.54, 1.807) is 30.1 Å². The number of carboxylic acids is 1. The molecule has 0 bridgehead atoms. The molecular formula is C19H23FN2O4. The SMILES string of the molecule is CN(CC(=O)N1CCC(C(=O)O)CC1)C(=O)C1(c2ccccc2F)CC1. The molecule has 1 aliphatic heterocycles. The molecule has 6 nitrogen and oxygen atoms in total. The number of carbonyl (C=O) groups excluding carboxylic acids is 2. The molecule has 2 aliphatic rings. The Kier molecular flexibility index (Phi) is 4.98. The van der Waals surface area contributed by atoms with Gasteiger partial charge < -0.3 is 14.9 Å². The molecule has 0 atom stereocenters. The van der Waals surface area contributed by atoms with E-state index in [9.17, 15) is 18.8 Å². The van der Waals surface area contributed by atoms with Crippen LogP contribution in [-0.2, 0) is 19.8 Å². The Labute approximate surface area is 151 Å². The van der Waals surface area contributed by atoms with Crippen molar-refractivity contribution in [2.75, 3.05) is 26.7 Å². The number of hydrogen-bond acceptors (Lipinski definition) is 3. The van der Waals surface area contributed by atoms with Gasteiger partial charge in [0.25, 0.3) is 0 Å². The molecule has 1 saturated heterocycles. The normalized spacial score (nSPS) is 19.1. The molecule has 1 saturated carbocycles. The third-order valence-corrected chi connectivity index (χ3v) is 5.46. The molecule has 3 rings (SSSR count). The number of likely N-dealkylation sites (tertiary alicyclic amines) is 1. The zero-order chi connectivity index (χ0) is 18.9. The summed E-state index contributed by atoms with van der Waals surface area (Å²) in [6, 6.07) is 6.28. The molecule has 1 aromatic carbocycles. The van der Waals surface area contributed by atoms with E-state index >= 15 is 0 Å². The third-order valence-electron chi connectivity index (χ3n) is 5.46. The van der Waals surface area contributed by atoms with E-state index in [1.165, 1.54) is 11.0 Å². The number of likely N-dealkylation sites (N-methyl/N-ethyl adjacent to an activating group) is 1. The minimum Gasteiger partial charge on any atom is -0.481 e. The van der Waals surface area contributed by atoms with Crippen LogP contribution in [0.3, 0.4) is 0 Å². The van der Waals surface area contributed by atoms with Gasteiger partial charge in [-0.15, -0.1) is 0 Å². The predicted octanol–water partition coefficient (Wildman–Crippen LogP) is 1.64. The van der Waals surface area contributed by atoms with E-state index in [-0.39, 0.29) is 18.4 Å². The number of halogens is 1. The Hall–Kier alpha value is -2.44. The highest BCUT2D eigenvalue weighted by molar-refractivity contribution is 5.94. The lowest BCUT2D eigenvalue weighted by molar-refractivity contribution is -0.146. The van der Waals surface area contributed by atoms with Crippen LogP contribution in [0, 0.1) is 11.7 Å². The smallest absolute Gasteiger partial charge is 0.306 e. The van der Waals surface area contributed by atoms with Crippen molar-refractivity contribution in [1.82, 2.24) is 9.80 Å². The van der Waals surface area contributed by atoms with Gasteiger partial charge in [-0.25, -0.2) is 4.39 Å². The quantitative estimate of drug-likeness (QED) is 0.864. The standard InChI is InChI=1S/C19H23FN2O4/c1-21(12-16(23)22-10-6-13(7-11-22)17(24)25)18(26)19(8-9-19)14-4-2-3-5-15(14)20/h2-5,13H,6-12H2,1H3,(H,24,25). The van der Waals surface area contributed by atoms with Crippen molar-refractivity contribution in [3.63, 3.8) is 0 Å². The van der Waals surface area contributed by atoms with E-state index in [0.717, 1.165) is 0 Å². The minimum atomic E-state index is -0.851. The predicted molar refractivity (Wildman–Crippen MR) is 91.9 cm³/mol. The van der Waals surface area contributed by atoms with Gasteiger partial charge in [0.15, 0.2) is 0 Å². The van der Waals surface area contributed by atoms with Crippen molar-refractivity contribution >= 4 is 17.8 Å². The van der Waals surface area contributed by atoms with Gasteiger partial charge >= 0.3 is 5.97 Å². The molecule has 0 aromatic heterocycles. The first-order chi connectivity index (χ1) is 12.3. The summed E-state index contributed by atoms with van der Waals surface area (Å²) in [5.41, 5.74) is -0.456. The second-order valence-electron chi connectivity index (χ2n) is 7.22. The van der Waals surface area contributed by atoms with Gasteiger partial charge in [0, 0.05) is 25.7 Å². The fourth-order valence-electron chi connectivity index (χ4n) is 3.69. The third kappa shape index (κ3) is 3.43. The number of piperidine rings is 1. The first-order valence-electron chi connectivity index (χ1n) is 8.86. The van der Waals surface area contributed by atoms with Crippen LogP contribution in [0.4, 0.5) is 4.39 Å². The summed E-state index contributed by atoms with van der Waals surface area (Å²) >= 11 is 0. The van der Waals surface area contributed by atoms with Gasteiger partial charge in [-0.2, -0.15) is 0 Å². The summed E-state index contributed by atoms with van der Waals surface area (Å²) < 4.78 is 14.1. The number of carboxylic acid groups (broad SMARTS) is 1. The van der Waals surface area contributed by atoms with Gasteiger partial charge in [0.2, 0.25) is 11.8 Å². The Balaban J connectivity index is 1.61. The molecule has 1 aromatic rings. The number of benzene rings is 1. The molecular weight excluding hydrogens is 339 g/mol. The van der Waals surface area contributed by atoms with Crippen molar-refractivity contribution in [2.24, 2.45) is 5.92 Å². The lowest BCUT2D eigenvalue weighted by Gasteiger charge is -2.32. The van der Waals surface area contributed by atoms with E-state index in [2.05, 4.69) is 0 Å². The number of carbonyl (C=O) groups is 3. The molecule has 0 radical (unpaired) electrons. The monoisotopic (exact) mass is 362 g/mol. The summed E-state index contributed by atoms with van der Waals surface area (Å²) in [5.74, 6) is -2.07. The summed E-state index contributed by atoms with van der Waals surface area (Å²) in [5, 5.41) is 9.02. The van der Waals surface area contributed by atoms with E-state index < -0.39 is 23.1 Å². The highest BCUT2D eigenvalue weighted by Gasteiger charge is 2.54. The maximum atomic E-state index is 14.1. The van der Waals surface area contributed by atoms with Crippen molar-refractivity contribution in [1.29, 1.82) is 0 Å². The highest BCUT2D eigenvalue weighted by Crippen LogP contribution is 2.50. The number of amides is 2. The zero-order valence-corrected chi connectivity index (χ0v) is 14.8. The summed E-state index contributed by atoms with van der Waals surface area (Å²) in [4.78, 5) is 39.3. The van der Waals surface area contributed by atoms with Gasteiger partial charge in [-0.1, -0.05) is 18.2 Å². The van der Waals surface area contributed by atoms with Crippen LogP contribution in [0.2, 0.25) is 0 Å². The summed E-state index contributed by atoms with van der Waals surface area (Å²) in [7, 11) is 1.56. The van der Waals surface area contributed by atoms with Crippen LogP contribution in [-0.4, -0.2) is 59.4 Å². The van der Waals surface area contributed by atoms with Crippen LogP contribution < -0.4 is 0 Å². The molecule has 0 unspecified atom stereocenters. The average molecular weight is 362 g/mol. The van der Waals surface area contributed by atoms with Crippen molar-refractivity contribution in [3.05, 3.63) is 35.6 Å². The topological polar surface area (TPSA) is 77.9 Å². The summed E-state index contributed by atoms with van der Waals surface area (Å²) in [6.45, 7) is 0.694. The van der Waals surface area contributed by atoms with Gasteiger partial charge in [0.1, 0.15) is 5.82 Å². The molecule has 2 amide bonds. The Morgan fingerprint density at radius 1 is 1.23 bits per heavy atom. The van der Waals surface area contributed by atoms with Crippen molar-refractivity contribution in [2.45, 2.75) is 31.1 Å². The lowest BCUT2D eigenvalue weighted by atomic mass is 9.93. The van der Waals surface area contributed by atoms with Gasteiger partial charge in [-0.05, 0) is 31.7 Å². The Morgan fingerprint density at radius 3 is 2.38 bits per heavy atom. The van der Waals surface area contributed by atoms with E-state index in [4.69, 9.17) is 5.11 Å². The first-order valence-corrected chi connectivity index (χ1v) is 8.86. The average Bonchev–Trinajstić information content (AvgIpc) is 3.43. The Bertz CT molecular complexity index is 724. The number of aliphatic carboxylic acids is 1. The van der Waals surface area contributed by atoms with Crippen LogP contribution in [0.25, 0.3) is 0 Å². The van der Waals surface area contributed by atoms with E-state index in [1.807, 2.05) is 0 Å². The minimum absolute atomic E-state index is 0.0766. The van der Waals surface area contributed by atoms with Crippen molar-refractivity contribution in [3.8, 4) is 0 Å². The maximum Gasteiger partial charge on any atom is 0.306 e. The van der Waals surface area contributed by atoms with Gasteiger partial charge in [0.05, 0.1) is 17.9 Å². The fourth-order valence-corrected chi connectivity index (χ4v) is 3.69. The maximum absolute atomic E-state index is 14.1. The van der Waals surface area contributed by atoms with Gasteiger partial charge in [-0.3, -0.25) is 14.4 Å². The lowest BCUT2D eigenvalue weighted by Crippen LogP contribution is -2.47. The molecule has 1 N–H and O–H groups in total. The largest absolute Gasteiger partial charge is 0.481 e. The molecule has 7 heteroatoms. The number of nitrogens with zero attached hydrogens (tertiary/aromatic N) is 2.